The molecule has 10 heteroatoms. The number of hydrogen-bond donors (Lipinski definition) is 1. The number of aromatic nitrogens is 2. The van der Waals surface area contributed by atoms with Gasteiger partial charge < -0.3 is 14.8 Å². The summed E-state index contributed by atoms with van der Waals surface area (Å²) in [5, 5.41) is 2.37. The fourth-order valence-electron chi connectivity index (χ4n) is 3.42. The zero-order valence-corrected chi connectivity index (χ0v) is 19.9. The van der Waals surface area contributed by atoms with Gasteiger partial charge in [-0.1, -0.05) is 23.9 Å². The number of thioether (sulfide) groups is 1. The molecule has 180 valence electrons. The third-order valence-corrected chi connectivity index (χ3v) is 6.26. The van der Waals surface area contributed by atoms with E-state index in [1.165, 1.54) is 20.3 Å². The molecule has 4 rings (SSSR count). The highest BCUT2D eigenvalue weighted by Gasteiger charge is 2.23. The molecule has 1 unspecified atom stereocenters. The van der Waals surface area contributed by atoms with Crippen LogP contribution in [0.1, 0.15) is 6.92 Å². The number of nitrogens with one attached hydrogen (secondary N) is 1. The minimum Gasteiger partial charge on any atom is -0.497 e. The van der Waals surface area contributed by atoms with Gasteiger partial charge in [-0.15, -0.1) is 0 Å². The summed E-state index contributed by atoms with van der Waals surface area (Å²) in [6.07, 6.45) is 0. The molecule has 0 saturated carbocycles. The summed E-state index contributed by atoms with van der Waals surface area (Å²) in [5.41, 5.74) is 0.0866. The summed E-state index contributed by atoms with van der Waals surface area (Å²) in [4.78, 5) is 30.8. The van der Waals surface area contributed by atoms with Gasteiger partial charge in [0.15, 0.2) is 5.16 Å². The van der Waals surface area contributed by atoms with Gasteiger partial charge >= 0.3 is 0 Å². The van der Waals surface area contributed by atoms with Crippen LogP contribution in [0.25, 0.3) is 16.6 Å². The van der Waals surface area contributed by atoms with Crippen LogP contribution < -0.4 is 20.3 Å². The van der Waals surface area contributed by atoms with Crippen molar-refractivity contribution >= 4 is 34.3 Å². The molecule has 7 nitrogen and oxygen atoms in total. The lowest BCUT2D eigenvalue weighted by atomic mass is 10.2. The second-order valence-corrected chi connectivity index (χ2v) is 8.77. The maximum absolute atomic E-state index is 14.7. The molecule has 1 aromatic heterocycles. The number of carbonyl (C=O) groups is 1. The van der Waals surface area contributed by atoms with Gasteiger partial charge in [0.2, 0.25) is 5.91 Å². The van der Waals surface area contributed by atoms with E-state index in [9.17, 15) is 18.4 Å². The van der Waals surface area contributed by atoms with Crippen molar-refractivity contribution in [3.05, 3.63) is 82.7 Å². The van der Waals surface area contributed by atoms with Crippen LogP contribution >= 0.6 is 11.8 Å². The number of methoxy groups -OCH3 is 2. The maximum atomic E-state index is 14.7. The third kappa shape index (κ3) is 4.97. The monoisotopic (exact) mass is 497 g/mol. The Hall–Kier alpha value is -3.92. The van der Waals surface area contributed by atoms with Crippen LogP contribution in [-0.4, -0.2) is 34.9 Å². The van der Waals surface area contributed by atoms with Gasteiger partial charge in [0, 0.05) is 12.1 Å². The average Bonchev–Trinajstić information content (AvgIpc) is 2.85. The van der Waals surface area contributed by atoms with Crippen LogP contribution in [-0.2, 0) is 4.79 Å². The quantitative estimate of drug-likeness (QED) is 0.292. The Kier molecular flexibility index (Phi) is 7.02. The van der Waals surface area contributed by atoms with Crippen molar-refractivity contribution in [2.24, 2.45) is 0 Å². The van der Waals surface area contributed by atoms with Crippen LogP contribution in [0.15, 0.2) is 70.6 Å². The van der Waals surface area contributed by atoms with Crippen molar-refractivity contribution in [2.45, 2.75) is 17.3 Å². The van der Waals surface area contributed by atoms with Crippen molar-refractivity contribution in [1.29, 1.82) is 0 Å². The predicted octanol–water partition coefficient (Wildman–Crippen LogP) is 4.80. The van der Waals surface area contributed by atoms with E-state index in [2.05, 4.69) is 10.3 Å². The van der Waals surface area contributed by atoms with Gasteiger partial charge in [-0.05, 0) is 43.3 Å². The normalized spacial score (nSPS) is 11.8. The summed E-state index contributed by atoms with van der Waals surface area (Å²) >= 11 is 0.965. The molecular formula is C25H21F2N3O4S. The molecule has 1 amide bonds. The number of hydrogen-bond acceptors (Lipinski definition) is 6. The first-order valence-corrected chi connectivity index (χ1v) is 11.4. The molecule has 0 aliphatic carbocycles. The molecule has 0 fully saturated rings. The Balaban J connectivity index is 1.73. The molecule has 3 aromatic carbocycles. The molecule has 35 heavy (non-hydrogen) atoms. The van der Waals surface area contributed by atoms with Gasteiger partial charge in [-0.3, -0.25) is 14.2 Å². The van der Waals surface area contributed by atoms with E-state index < -0.39 is 28.4 Å². The van der Waals surface area contributed by atoms with Crippen molar-refractivity contribution in [3.8, 4) is 17.2 Å². The number of benzene rings is 3. The van der Waals surface area contributed by atoms with Crippen LogP contribution in [0.5, 0.6) is 11.5 Å². The van der Waals surface area contributed by atoms with E-state index in [1.807, 2.05) is 0 Å². The average molecular weight is 498 g/mol. The van der Waals surface area contributed by atoms with E-state index in [-0.39, 0.29) is 16.2 Å². The molecule has 1 heterocycles. The molecule has 1 N–H and O–H groups in total. The first kappa shape index (κ1) is 24.2. The van der Waals surface area contributed by atoms with Crippen molar-refractivity contribution in [1.82, 2.24) is 9.55 Å². The highest BCUT2D eigenvalue weighted by atomic mass is 32.2. The van der Waals surface area contributed by atoms with E-state index in [0.29, 0.717) is 28.8 Å². The lowest BCUT2D eigenvalue weighted by Gasteiger charge is -2.18. The molecule has 4 aromatic rings. The number of anilines is 1. The number of halogens is 2. The molecule has 0 spiro atoms. The maximum Gasteiger partial charge on any atom is 0.266 e. The zero-order chi connectivity index (χ0) is 25.1. The van der Waals surface area contributed by atoms with Crippen LogP contribution in [0.2, 0.25) is 0 Å². The molecule has 0 saturated heterocycles. The Morgan fingerprint density at radius 3 is 2.54 bits per heavy atom. The number of amides is 1. The van der Waals surface area contributed by atoms with Gasteiger partial charge in [-0.2, -0.15) is 0 Å². The molecular weight excluding hydrogens is 476 g/mol. The Bertz CT molecular complexity index is 1480. The number of rotatable bonds is 7. The predicted molar refractivity (Wildman–Crippen MR) is 131 cm³/mol. The van der Waals surface area contributed by atoms with Gasteiger partial charge in [0.25, 0.3) is 5.56 Å². The zero-order valence-electron chi connectivity index (χ0n) is 19.0. The minimum absolute atomic E-state index is 0.0828. The van der Waals surface area contributed by atoms with Gasteiger partial charge in [0.05, 0.1) is 41.7 Å². The summed E-state index contributed by atoms with van der Waals surface area (Å²) in [5.74, 6) is -1.15. The second kappa shape index (κ2) is 10.1. The number of fused-ring (bicyclic) bond motifs is 1. The van der Waals surface area contributed by atoms with Crippen LogP contribution in [0.4, 0.5) is 14.5 Å². The highest BCUT2D eigenvalue weighted by Crippen LogP contribution is 2.31. The van der Waals surface area contributed by atoms with E-state index in [4.69, 9.17) is 9.47 Å². The third-order valence-electron chi connectivity index (χ3n) is 5.21. The number of carbonyl (C=O) groups excluding carboxylic acids is 1. The van der Waals surface area contributed by atoms with Crippen LogP contribution in [0, 0.1) is 11.6 Å². The van der Waals surface area contributed by atoms with Gasteiger partial charge in [0.1, 0.15) is 23.1 Å². The molecule has 0 radical (unpaired) electrons. The van der Waals surface area contributed by atoms with E-state index >= 15 is 0 Å². The van der Waals surface area contributed by atoms with Crippen molar-refractivity contribution < 1.29 is 23.0 Å². The fourth-order valence-corrected chi connectivity index (χ4v) is 4.34. The van der Waals surface area contributed by atoms with Crippen molar-refractivity contribution in [3.63, 3.8) is 0 Å². The Labute approximate surface area is 203 Å². The number of nitrogens with zero attached hydrogens (tertiary/aromatic N) is 2. The fraction of sp³-hybridized carbons (Fsp3) is 0.160. The van der Waals surface area contributed by atoms with Gasteiger partial charge in [-0.25, -0.2) is 13.8 Å². The highest BCUT2D eigenvalue weighted by molar-refractivity contribution is 8.00. The first-order chi connectivity index (χ1) is 16.8. The first-order valence-electron chi connectivity index (χ1n) is 10.5. The Morgan fingerprint density at radius 2 is 1.83 bits per heavy atom. The lowest BCUT2D eigenvalue weighted by Crippen LogP contribution is -2.27. The largest absolute Gasteiger partial charge is 0.497 e. The van der Waals surface area contributed by atoms with E-state index in [1.54, 1.807) is 49.4 Å². The van der Waals surface area contributed by atoms with Crippen molar-refractivity contribution in [2.75, 3.05) is 19.5 Å². The summed E-state index contributed by atoms with van der Waals surface area (Å²) in [6.45, 7) is 1.62. The standard InChI is InChI=1S/C25H21F2N3O4S/c1-14(23(31)28-20-13-16(33-2)9-11-22(20)34-3)35-25-29-19-7-5-4-6-17(19)24(32)30(25)21-10-8-15(26)12-18(21)27/h4-14H,1-3H3,(H,28,31). The molecule has 0 bridgehead atoms. The topological polar surface area (TPSA) is 82.5 Å². The van der Waals surface area contributed by atoms with E-state index in [0.717, 1.165) is 22.4 Å². The summed E-state index contributed by atoms with van der Waals surface area (Å²) in [6, 6.07) is 14.5. The van der Waals surface area contributed by atoms with Crippen LogP contribution in [0.3, 0.4) is 0 Å². The Morgan fingerprint density at radius 1 is 1.06 bits per heavy atom. The minimum atomic E-state index is -0.927. The molecule has 1 atom stereocenters. The lowest BCUT2D eigenvalue weighted by molar-refractivity contribution is -0.115. The smallest absolute Gasteiger partial charge is 0.266 e. The number of para-hydroxylation sites is 1. The molecule has 0 aliphatic rings. The summed E-state index contributed by atoms with van der Waals surface area (Å²) in [7, 11) is 2.98. The summed E-state index contributed by atoms with van der Waals surface area (Å²) < 4.78 is 39.8. The second-order valence-electron chi connectivity index (χ2n) is 7.46. The SMILES string of the molecule is COc1ccc(OC)c(NC(=O)C(C)Sc2nc3ccccc3c(=O)n2-c2ccc(F)cc2F)c1. The molecule has 0 aliphatic heterocycles. The number of ether oxygens (including phenoxy) is 2.